The molecule has 0 aliphatic carbocycles. The number of methoxy groups -OCH3 is 2. The van der Waals surface area contributed by atoms with E-state index in [0.717, 1.165) is 0 Å². The normalized spacial score (nSPS) is 13.8. The molecule has 0 aliphatic rings. The third-order valence-electron chi connectivity index (χ3n) is 1.66. The predicted molar refractivity (Wildman–Crippen MR) is 54.9 cm³/mol. The van der Waals surface area contributed by atoms with E-state index in [1.807, 2.05) is 0 Å². The quantitative estimate of drug-likeness (QED) is 0.661. The van der Waals surface area contributed by atoms with Crippen LogP contribution in [-0.4, -0.2) is 48.5 Å². The Morgan fingerprint density at radius 1 is 1.33 bits per heavy atom. The van der Waals surface area contributed by atoms with Crippen LogP contribution in [0.3, 0.4) is 0 Å². The zero-order valence-electron chi connectivity index (χ0n) is 8.94. The van der Waals surface area contributed by atoms with Gasteiger partial charge in [0.1, 0.15) is 6.04 Å². The molecule has 0 heterocycles. The second kappa shape index (κ2) is 7.22. The van der Waals surface area contributed by atoms with Gasteiger partial charge in [0, 0.05) is 22.8 Å². The molecule has 0 saturated heterocycles. The Morgan fingerprint density at radius 2 is 1.93 bits per heavy atom. The zero-order chi connectivity index (χ0) is 11.8. The molecule has 0 spiro atoms. The van der Waals surface area contributed by atoms with E-state index in [1.165, 1.54) is 20.5 Å². The van der Waals surface area contributed by atoms with E-state index < -0.39 is 28.9 Å². The van der Waals surface area contributed by atoms with Gasteiger partial charge in [-0.25, -0.2) is 9.59 Å². The van der Waals surface area contributed by atoms with Crippen molar-refractivity contribution < 1.29 is 23.3 Å². The molecule has 7 heteroatoms. The minimum atomic E-state index is -1.02. The fourth-order valence-electron chi connectivity index (χ4n) is 0.876. The third kappa shape index (κ3) is 6.05. The third-order valence-corrected chi connectivity index (χ3v) is 2.47. The summed E-state index contributed by atoms with van der Waals surface area (Å²) in [5.74, 6) is -0.269. The Labute approximate surface area is 90.8 Å². The highest BCUT2D eigenvalue weighted by Gasteiger charge is 2.21. The van der Waals surface area contributed by atoms with Crippen molar-refractivity contribution in [3.8, 4) is 0 Å². The highest BCUT2D eigenvalue weighted by molar-refractivity contribution is 7.84. The molecule has 1 unspecified atom stereocenters. The van der Waals surface area contributed by atoms with Gasteiger partial charge in [-0.15, -0.1) is 0 Å². The molecule has 0 aromatic heterocycles. The predicted octanol–water partition coefficient (Wildman–Crippen LogP) is -0.347. The second-order valence-corrected chi connectivity index (χ2v) is 4.33. The lowest BCUT2D eigenvalue weighted by Crippen LogP contribution is -2.42. The van der Waals surface area contributed by atoms with Crippen LogP contribution in [0.1, 0.15) is 6.42 Å². The van der Waals surface area contributed by atoms with E-state index in [0.29, 0.717) is 5.75 Å². The number of amides is 1. The van der Waals surface area contributed by atoms with Crippen LogP contribution in [0.2, 0.25) is 0 Å². The molecule has 6 nitrogen and oxygen atoms in total. The first-order valence-corrected chi connectivity index (χ1v) is 5.96. The highest BCUT2D eigenvalue weighted by atomic mass is 32.2. The van der Waals surface area contributed by atoms with Crippen molar-refractivity contribution in [3.63, 3.8) is 0 Å². The number of carbonyl (C=O) groups is 2. The van der Waals surface area contributed by atoms with Crippen LogP contribution >= 0.6 is 0 Å². The molecular formula is C8H15NO5S. The van der Waals surface area contributed by atoms with E-state index in [1.54, 1.807) is 0 Å². The number of hydrogen-bond donors (Lipinski definition) is 1. The molecule has 15 heavy (non-hydrogen) atoms. The van der Waals surface area contributed by atoms with Crippen LogP contribution in [0.15, 0.2) is 0 Å². The number of carbonyl (C=O) groups excluding carboxylic acids is 2. The van der Waals surface area contributed by atoms with Crippen molar-refractivity contribution in [2.75, 3.05) is 26.2 Å². The summed E-state index contributed by atoms with van der Waals surface area (Å²) in [6.45, 7) is 0. The van der Waals surface area contributed by atoms with Gasteiger partial charge in [-0.3, -0.25) is 4.21 Å². The number of alkyl carbamates (subject to hydrolysis) is 1. The molecule has 88 valence electrons. The summed E-state index contributed by atoms with van der Waals surface area (Å²) in [5, 5.41) is 2.30. The fraction of sp³-hybridized carbons (Fsp3) is 0.750. The van der Waals surface area contributed by atoms with E-state index >= 15 is 0 Å². The van der Waals surface area contributed by atoms with Crippen molar-refractivity contribution in [2.24, 2.45) is 0 Å². The number of hydrogen-bond acceptors (Lipinski definition) is 5. The Balaban J connectivity index is 4.24. The lowest BCUT2D eigenvalue weighted by molar-refractivity contribution is -0.143. The molecule has 0 saturated carbocycles. The Kier molecular flexibility index (Phi) is 6.68. The first-order chi connectivity index (χ1) is 7.01. The molecule has 1 amide bonds. The number of esters is 1. The van der Waals surface area contributed by atoms with Gasteiger partial charge in [-0.2, -0.15) is 0 Å². The monoisotopic (exact) mass is 237 g/mol. The van der Waals surface area contributed by atoms with Gasteiger partial charge in [-0.1, -0.05) is 0 Å². The van der Waals surface area contributed by atoms with Crippen molar-refractivity contribution in [1.82, 2.24) is 5.32 Å². The van der Waals surface area contributed by atoms with Crippen LogP contribution in [0.4, 0.5) is 4.79 Å². The lowest BCUT2D eigenvalue weighted by Gasteiger charge is -2.14. The van der Waals surface area contributed by atoms with Gasteiger partial charge >= 0.3 is 12.1 Å². The maximum Gasteiger partial charge on any atom is 0.407 e. The number of nitrogens with one attached hydrogen (secondary N) is 1. The number of rotatable bonds is 5. The van der Waals surface area contributed by atoms with E-state index in [9.17, 15) is 13.8 Å². The van der Waals surface area contributed by atoms with Crippen molar-refractivity contribution in [1.29, 1.82) is 0 Å². The topological polar surface area (TPSA) is 81.7 Å². The van der Waals surface area contributed by atoms with Gasteiger partial charge in [0.15, 0.2) is 0 Å². The summed E-state index contributed by atoms with van der Waals surface area (Å²) in [4.78, 5) is 22.1. The van der Waals surface area contributed by atoms with E-state index in [-0.39, 0.29) is 6.42 Å². The Morgan fingerprint density at radius 3 is 2.33 bits per heavy atom. The molecule has 0 fully saturated rings. The first-order valence-electron chi connectivity index (χ1n) is 4.23. The SMILES string of the molecule is COC(=O)N[C@@H](CCS(C)=O)C(=O)OC. The molecule has 0 radical (unpaired) electrons. The van der Waals surface area contributed by atoms with E-state index in [4.69, 9.17) is 0 Å². The average Bonchev–Trinajstić information content (AvgIpc) is 2.22. The molecule has 0 aromatic carbocycles. The van der Waals surface area contributed by atoms with Gasteiger partial charge in [0.05, 0.1) is 14.2 Å². The van der Waals surface area contributed by atoms with Crippen LogP contribution < -0.4 is 5.32 Å². The van der Waals surface area contributed by atoms with Gasteiger partial charge in [0.25, 0.3) is 0 Å². The summed E-state index contributed by atoms with van der Waals surface area (Å²) >= 11 is 0. The molecule has 2 atom stereocenters. The van der Waals surface area contributed by atoms with Gasteiger partial charge in [-0.05, 0) is 6.42 Å². The van der Waals surface area contributed by atoms with Crippen LogP contribution in [-0.2, 0) is 25.1 Å². The summed E-state index contributed by atoms with van der Waals surface area (Å²) in [6.07, 6.45) is 1.06. The number of ether oxygens (including phenoxy) is 2. The molecule has 1 N–H and O–H groups in total. The van der Waals surface area contributed by atoms with Gasteiger partial charge in [0.2, 0.25) is 0 Å². The molecule has 0 bridgehead atoms. The average molecular weight is 237 g/mol. The fourth-order valence-corrected chi connectivity index (χ4v) is 1.44. The molecular weight excluding hydrogens is 222 g/mol. The molecule has 0 rings (SSSR count). The van der Waals surface area contributed by atoms with Crippen LogP contribution in [0.25, 0.3) is 0 Å². The van der Waals surface area contributed by atoms with Crippen molar-refractivity contribution in [2.45, 2.75) is 12.5 Å². The van der Waals surface area contributed by atoms with Crippen LogP contribution in [0.5, 0.6) is 0 Å². The Bertz CT molecular complexity index is 255. The van der Waals surface area contributed by atoms with Crippen molar-refractivity contribution in [3.05, 3.63) is 0 Å². The highest BCUT2D eigenvalue weighted by Crippen LogP contribution is 1.97. The maximum absolute atomic E-state index is 11.2. The summed E-state index contributed by atoms with van der Waals surface area (Å²) < 4.78 is 19.7. The maximum atomic E-state index is 11.2. The molecule has 0 aromatic rings. The zero-order valence-corrected chi connectivity index (χ0v) is 9.76. The lowest BCUT2D eigenvalue weighted by atomic mass is 10.2. The summed E-state index contributed by atoms with van der Waals surface area (Å²) in [7, 11) is 1.39. The minimum Gasteiger partial charge on any atom is -0.467 e. The Hall–Kier alpha value is -1.11. The van der Waals surface area contributed by atoms with E-state index in [2.05, 4.69) is 14.8 Å². The molecule has 0 aliphatic heterocycles. The standard InChI is InChI=1S/C8H15NO5S/c1-13-7(10)6(4-5-15(3)12)9-8(11)14-2/h6H,4-5H2,1-3H3,(H,9,11)/t6-,15?/m0/s1. The first kappa shape index (κ1) is 13.9. The smallest absolute Gasteiger partial charge is 0.407 e. The summed E-state index contributed by atoms with van der Waals surface area (Å²) in [6, 6.07) is -0.814. The van der Waals surface area contributed by atoms with Crippen molar-refractivity contribution >= 4 is 22.9 Å². The summed E-state index contributed by atoms with van der Waals surface area (Å²) in [5.41, 5.74) is 0. The van der Waals surface area contributed by atoms with Crippen LogP contribution in [0, 0.1) is 0 Å². The minimum absolute atomic E-state index is 0.255. The second-order valence-electron chi connectivity index (χ2n) is 2.78. The van der Waals surface area contributed by atoms with Gasteiger partial charge < -0.3 is 14.8 Å². The largest absolute Gasteiger partial charge is 0.467 e.